The molecule has 1 aliphatic heterocycles. The van der Waals surface area contributed by atoms with Crippen LogP contribution < -0.4 is 10.7 Å². The van der Waals surface area contributed by atoms with Gasteiger partial charge in [-0.3, -0.25) is 9.59 Å². The van der Waals surface area contributed by atoms with Crippen molar-refractivity contribution in [2.24, 2.45) is 11.8 Å². The molecule has 8 heteroatoms. The van der Waals surface area contributed by atoms with E-state index in [4.69, 9.17) is 0 Å². The number of pyridine rings is 1. The predicted molar refractivity (Wildman–Crippen MR) is 135 cm³/mol. The highest BCUT2D eigenvalue weighted by Gasteiger charge is 2.32. The number of aryl methyl sites for hydroxylation is 1. The molecule has 0 spiro atoms. The summed E-state index contributed by atoms with van der Waals surface area (Å²) in [6.07, 6.45) is 8.98. The lowest BCUT2D eigenvalue weighted by Crippen LogP contribution is -2.42. The Kier molecular flexibility index (Phi) is 7.48. The second-order valence-corrected chi connectivity index (χ2v) is 12.2. The Labute approximate surface area is 202 Å². The van der Waals surface area contributed by atoms with Crippen LogP contribution in [0.25, 0.3) is 10.9 Å². The molecule has 186 valence electrons. The zero-order valence-electron chi connectivity index (χ0n) is 20.5. The van der Waals surface area contributed by atoms with E-state index in [2.05, 4.69) is 19.2 Å². The van der Waals surface area contributed by atoms with Crippen molar-refractivity contribution in [3.05, 3.63) is 40.2 Å². The first-order valence-electron chi connectivity index (χ1n) is 12.7. The molecule has 1 aromatic heterocycles. The van der Waals surface area contributed by atoms with Crippen LogP contribution in [0, 0.1) is 11.8 Å². The fraction of sp³-hybridized carbons (Fsp3) is 0.615. The monoisotopic (exact) mass is 487 g/mol. The van der Waals surface area contributed by atoms with E-state index in [0.717, 1.165) is 32.1 Å². The summed E-state index contributed by atoms with van der Waals surface area (Å²) in [6, 6.07) is 4.82. The molecular weight excluding hydrogens is 450 g/mol. The van der Waals surface area contributed by atoms with Crippen LogP contribution in [0.15, 0.2) is 34.1 Å². The van der Waals surface area contributed by atoms with Gasteiger partial charge in [-0.05, 0) is 56.2 Å². The number of nitrogens with one attached hydrogen (secondary N) is 1. The molecule has 0 radical (unpaired) electrons. The number of fused-ring (bicyclic) bond motifs is 1. The maximum absolute atomic E-state index is 13.4. The summed E-state index contributed by atoms with van der Waals surface area (Å²) in [6.45, 7) is 7.60. The Morgan fingerprint density at radius 3 is 2.32 bits per heavy atom. The molecule has 2 aliphatic rings. The lowest BCUT2D eigenvalue weighted by molar-refractivity contribution is 0.0931. The molecule has 1 saturated carbocycles. The number of benzene rings is 1. The van der Waals surface area contributed by atoms with E-state index in [9.17, 15) is 18.0 Å². The first kappa shape index (κ1) is 24.9. The van der Waals surface area contributed by atoms with Gasteiger partial charge in [0.2, 0.25) is 15.5 Å². The van der Waals surface area contributed by atoms with Gasteiger partial charge >= 0.3 is 0 Å². The Bertz CT molecular complexity index is 1200. The number of aromatic nitrogens is 1. The average Bonchev–Trinajstić information content (AvgIpc) is 3.07. The van der Waals surface area contributed by atoms with Crippen LogP contribution in [-0.2, 0) is 16.6 Å². The van der Waals surface area contributed by atoms with Crippen LogP contribution in [0.1, 0.15) is 76.1 Å². The van der Waals surface area contributed by atoms with Crippen molar-refractivity contribution in [1.82, 2.24) is 14.2 Å². The van der Waals surface area contributed by atoms with E-state index in [1.54, 1.807) is 18.3 Å². The van der Waals surface area contributed by atoms with Gasteiger partial charge in [0.05, 0.1) is 10.4 Å². The molecule has 2 atom stereocenters. The molecule has 0 unspecified atom stereocenters. The normalized spacial score (nSPS) is 23.0. The van der Waals surface area contributed by atoms with Crippen molar-refractivity contribution in [1.29, 1.82) is 0 Å². The Morgan fingerprint density at radius 2 is 1.71 bits per heavy atom. The predicted octanol–water partition coefficient (Wildman–Crippen LogP) is 4.14. The zero-order chi connectivity index (χ0) is 24.5. The molecule has 0 bridgehead atoms. The molecule has 1 N–H and O–H groups in total. The van der Waals surface area contributed by atoms with Crippen molar-refractivity contribution in [2.75, 3.05) is 13.1 Å². The second kappa shape index (κ2) is 10.2. The van der Waals surface area contributed by atoms with Gasteiger partial charge in [-0.1, -0.05) is 39.5 Å². The van der Waals surface area contributed by atoms with Gasteiger partial charge in [-0.15, -0.1) is 0 Å². The first-order valence-corrected chi connectivity index (χ1v) is 14.1. The van der Waals surface area contributed by atoms with Crippen molar-refractivity contribution in [3.63, 3.8) is 0 Å². The maximum Gasteiger partial charge on any atom is 0.256 e. The summed E-state index contributed by atoms with van der Waals surface area (Å²) in [7, 11) is -3.73. The summed E-state index contributed by atoms with van der Waals surface area (Å²) in [4.78, 5) is 26.6. The van der Waals surface area contributed by atoms with Crippen molar-refractivity contribution >= 4 is 26.8 Å². The van der Waals surface area contributed by atoms with Gasteiger partial charge in [-0.2, -0.15) is 4.31 Å². The summed E-state index contributed by atoms with van der Waals surface area (Å²) in [5.41, 5.74) is 0.300. The fourth-order valence-electron chi connectivity index (χ4n) is 5.60. The van der Waals surface area contributed by atoms with E-state index >= 15 is 0 Å². The molecule has 2 fully saturated rings. The minimum Gasteiger partial charge on any atom is -0.349 e. The minimum absolute atomic E-state index is 0.0772. The molecule has 1 aromatic carbocycles. The quantitative estimate of drug-likeness (QED) is 0.642. The minimum atomic E-state index is -3.73. The third kappa shape index (κ3) is 5.08. The van der Waals surface area contributed by atoms with Crippen molar-refractivity contribution < 1.29 is 13.2 Å². The average molecular weight is 488 g/mol. The second-order valence-electron chi connectivity index (χ2n) is 10.3. The highest BCUT2D eigenvalue weighted by Crippen LogP contribution is 2.28. The molecule has 1 amide bonds. The van der Waals surface area contributed by atoms with Crippen molar-refractivity contribution in [3.8, 4) is 0 Å². The summed E-state index contributed by atoms with van der Waals surface area (Å²) >= 11 is 0. The molecule has 4 rings (SSSR count). The van der Waals surface area contributed by atoms with Gasteiger partial charge in [0.15, 0.2) is 0 Å². The number of sulfonamides is 1. The number of hydrogen-bond donors (Lipinski definition) is 1. The smallest absolute Gasteiger partial charge is 0.256 e. The van der Waals surface area contributed by atoms with Gasteiger partial charge in [0.25, 0.3) is 5.91 Å². The lowest BCUT2D eigenvalue weighted by atomic mass is 9.94. The number of amides is 1. The lowest BCUT2D eigenvalue weighted by Gasteiger charge is -2.34. The number of carbonyl (C=O) groups is 1. The molecule has 1 saturated heterocycles. The van der Waals surface area contributed by atoms with Crippen LogP contribution in [-0.4, -0.2) is 42.3 Å². The van der Waals surface area contributed by atoms with E-state index in [1.807, 2.05) is 11.5 Å². The van der Waals surface area contributed by atoms with E-state index in [1.165, 1.54) is 23.2 Å². The summed E-state index contributed by atoms with van der Waals surface area (Å²) in [5, 5.41) is 3.33. The number of piperidine rings is 1. The van der Waals surface area contributed by atoms with Gasteiger partial charge in [0.1, 0.15) is 5.56 Å². The van der Waals surface area contributed by atoms with E-state index in [-0.39, 0.29) is 39.6 Å². The van der Waals surface area contributed by atoms with Crippen LogP contribution in [0.3, 0.4) is 0 Å². The maximum atomic E-state index is 13.4. The molecule has 7 nitrogen and oxygen atoms in total. The highest BCUT2D eigenvalue weighted by molar-refractivity contribution is 7.89. The van der Waals surface area contributed by atoms with Crippen LogP contribution >= 0.6 is 0 Å². The first-order chi connectivity index (χ1) is 16.2. The van der Waals surface area contributed by atoms with Crippen LogP contribution in [0.5, 0.6) is 0 Å². The Balaban J connectivity index is 1.72. The molecule has 2 aromatic rings. The van der Waals surface area contributed by atoms with Gasteiger partial charge < -0.3 is 9.88 Å². The number of rotatable bonds is 5. The van der Waals surface area contributed by atoms with Crippen LogP contribution in [0.2, 0.25) is 0 Å². The van der Waals surface area contributed by atoms with Crippen molar-refractivity contribution in [2.45, 2.75) is 83.2 Å². The standard InChI is InChI=1S/C26H37N3O4S/c1-4-28-17-23(26(31)27-20-9-7-5-6-8-10-20)25(30)22-14-21(11-12-24(22)28)34(32,33)29-15-18(2)13-19(3)16-29/h11-12,14,17-20H,4-10,13,15-16H2,1-3H3,(H,27,31)/t18-,19-/m1/s1. The zero-order valence-corrected chi connectivity index (χ0v) is 21.4. The largest absolute Gasteiger partial charge is 0.349 e. The molecular formula is C26H37N3O4S. The number of nitrogens with zero attached hydrogens (tertiary/aromatic N) is 2. The number of carbonyl (C=O) groups excluding carboxylic acids is 1. The molecule has 34 heavy (non-hydrogen) atoms. The SMILES string of the molecule is CCn1cc(C(=O)NC2CCCCCC2)c(=O)c2cc(S(=O)(=O)N3C[C@H](C)C[C@@H](C)C3)ccc21. The third-order valence-corrected chi connectivity index (χ3v) is 9.13. The number of hydrogen-bond acceptors (Lipinski definition) is 4. The Morgan fingerprint density at radius 1 is 1.06 bits per heavy atom. The van der Waals surface area contributed by atoms with E-state index < -0.39 is 15.5 Å². The molecule has 2 heterocycles. The Hall–Kier alpha value is -2.19. The summed E-state index contributed by atoms with van der Waals surface area (Å²) < 4.78 is 30.3. The summed E-state index contributed by atoms with van der Waals surface area (Å²) in [5.74, 6) is 0.208. The van der Waals surface area contributed by atoms with Gasteiger partial charge in [0, 0.05) is 37.3 Å². The van der Waals surface area contributed by atoms with E-state index in [0.29, 0.717) is 25.2 Å². The van der Waals surface area contributed by atoms with Gasteiger partial charge in [-0.25, -0.2) is 8.42 Å². The topological polar surface area (TPSA) is 88.5 Å². The third-order valence-electron chi connectivity index (χ3n) is 7.30. The molecule has 1 aliphatic carbocycles. The van der Waals surface area contributed by atoms with Crippen LogP contribution in [0.4, 0.5) is 0 Å². The highest BCUT2D eigenvalue weighted by atomic mass is 32.2. The fourth-order valence-corrected chi connectivity index (χ4v) is 7.30.